The predicted molar refractivity (Wildman–Crippen MR) is 111 cm³/mol. The van der Waals surface area contributed by atoms with E-state index in [0.29, 0.717) is 28.6 Å². The van der Waals surface area contributed by atoms with Crippen LogP contribution >= 0.6 is 0 Å². The molecule has 1 amide bonds. The Balaban J connectivity index is 1.91. The lowest BCUT2D eigenvalue weighted by molar-refractivity contribution is 0.0913. The maximum atomic E-state index is 13.5. The Morgan fingerprint density at radius 3 is 2.29 bits per heavy atom. The predicted octanol–water partition coefficient (Wildman–Crippen LogP) is 4.03. The molecule has 0 aliphatic rings. The maximum Gasteiger partial charge on any atom is 0.252 e. The summed E-state index contributed by atoms with van der Waals surface area (Å²) in [5.74, 6) is 0.863. The highest BCUT2D eigenvalue weighted by atomic mass is 19.1. The maximum absolute atomic E-state index is 13.5. The minimum atomic E-state index is -0.570. The minimum Gasteiger partial charge on any atom is -0.493 e. The summed E-state index contributed by atoms with van der Waals surface area (Å²) in [5, 5.41) is 6.87. The number of nitrogens with zero attached hydrogens (tertiary/aromatic N) is 2. The first-order chi connectivity index (χ1) is 14.9. The Hall–Kier alpha value is -3.62. The van der Waals surface area contributed by atoms with Crippen molar-refractivity contribution in [1.29, 1.82) is 0 Å². The number of amides is 1. The van der Waals surface area contributed by atoms with Crippen LogP contribution in [0, 0.1) is 11.7 Å². The van der Waals surface area contributed by atoms with E-state index in [2.05, 4.69) is 15.5 Å². The van der Waals surface area contributed by atoms with Crippen molar-refractivity contribution in [3.8, 4) is 28.6 Å². The van der Waals surface area contributed by atoms with Crippen molar-refractivity contribution in [3.63, 3.8) is 0 Å². The van der Waals surface area contributed by atoms with Gasteiger partial charge in [0.25, 0.3) is 5.91 Å². The lowest BCUT2D eigenvalue weighted by Crippen LogP contribution is -2.32. The van der Waals surface area contributed by atoms with Gasteiger partial charge in [0.1, 0.15) is 11.9 Å². The second-order valence-corrected chi connectivity index (χ2v) is 7.08. The SMILES string of the molecule is COc1cc(-c2noc([C@H](NC(=O)c3cccc(F)c3)C(C)C)n2)cc(OC)c1OC. The zero-order valence-electron chi connectivity index (χ0n) is 17.9. The zero-order valence-corrected chi connectivity index (χ0v) is 17.9. The van der Waals surface area contributed by atoms with Crippen LogP contribution in [-0.2, 0) is 0 Å². The van der Waals surface area contributed by atoms with Crippen LogP contribution in [-0.4, -0.2) is 37.4 Å². The van der Waals surface area contributed by atoms with Crippen LogP contribution in [0.1, 0.15) is 36.1 Å². The second kappa shape index (κ2) is 9.46. The average Bonchev–Trinajstić information content (AvgIpc) is 3.25. The van der Waals surface area contributed by atoms with Gasteiger partial charge in [-0.3, -0.25) is 4.79 Å². The molecule has 1 heterocycles. The molecule has 3 rings (SSSR count). The fourth-order valence-corrected chi connectivity index (χ4v) is 3.06. The monoisotopic (exact) mass is 429 g/mol. The van der Waals surface area contributed by atoms with E-state index < -0.39 is 17.8 Å². The number of hydrogen-bond donors (Lipinski definition) is 1. The fourth-order valence-electron chi connectivity index (χ4n) is 3.06. The normalized spacial score (nSPS) is 11.8. The van der Waals surface area contributed by atoms with Crippen LogP contribution < -0.4 is 19.5 Å². The summed E-state index contributed by atoms with van der Waals surface area (Å²) in [7, 11) is 4.54. The topological polar surface area (TPSA) is 95.7 Å². The third kappa shape index (κ3) is 4.76. The smallest absolute Gasteiger partial charge is 0.252 e. The Bertz CT molecular complexity index is 1040. The summed E-state index contributed by atoms with van der Waals surface area (Å²) in [5.41, 5.74) is 0.790. The highest BCUT2D eigenvalue weighted by Gasteiger charge is 2.26. The summed E-state index contributed by atoms with van der Waals surface area (Å²) < 4.78 is 35.0. The number of nitrogens with one attached hydrogen (secondary N) is 1. The van der Waals surface area contributed by atoms with Gasteiger partial charge in [-0.1, -0.05) is 25.1 Å². The van der Waals surface area contributed by atoms with E-state index in [4.69, 9.17) is 18.7 Å². The van der Waals surface area contributed by atoms with Crippen LogP contribution in [0.25, 0.3) is 11.4 Å². The van der Waals surface area contributed by atoms with Gasteiger partial charge < -0.3 is 24.1 Å². The van der Waals surface area contributed by atoms with Crippen molar-refractivity contribution in [2.75, 3.05) is 21.3 Å². The molecular formula is C22H24FN3O5. The van der Waals surface area contributed by atoms with Gasteiger partial charge in [0.05, 0.1) is 21.3 Å². The van der Waals surface area contributed by atoms with E-state index in [1.54, 1.807) is 12.1 Å². The Labute approximate surface area is 179 Å². The summed E-state index contributed by atoms with van der Waals surface area (Å²) in [6, 6.07) is 8.28. The second-order valence-electron chi connectivity index (χ2n) is 7.08. The van der Waals surface area contributed by atoms with Crippen molar-refractivity contribution < 1.29 is 27.9 Å². The lowest BCUT2D eigenvalue weighted by atomic mass is 10.0. The Kier molecular flexibility index (Phi) is 6.74. The molecule has 9 heteroatoms. The van der Waals surface area contributed by atoms with Gasteiger partial charge in [-0.25, -0.2) is 4.39 Å². The molecule has 1 N–H and O–H groups in total. The Morgan fingerprint density at radius 1 is 1.06 bits per heavy atom. The van der Waals surface area contributed by atoms with E-state index in [1.165, 1.54) is 45.6 Å². The largest absolute Gasteiger partial charge is 0.493 e. The number of carbonyl (C=O) groups excluding carboxylic acids is 1. The van der Waals surface area contributed by atoms with Gasteiger partial charge >= 0.3 is 0 Å². The molecular weight excluding hydrogens is 405 g/mol. The molecule has 164 valence electrons. The van der Waals surface area contributed by atoms with E-state index in [0.717, 1.165) is 0 Å². The average molecular weight is 429 g/mol. The van der Waals surface area contributed by atoms with Crippen LogP contribution in [0.15, 0.2) is 40.9 Å². The van der Waals surface area contributed by atoms with Gasteiger partial charge in [-0.05, 0) is 36.2 Å². The molecule has 0 spiro atoms. The molecule has 0 saturated heterocycles. The molecule has 0 radical (unpaired) electrons. The van der Waals surface area contributed by atoms with E-state index in [1.807, 2.05) is 13.8 Å². The summed E-state index contributed by atoms with van der Waals surface area (Å²) >= 11 is 0. The van der Waals surface area contributed by atoms with Gasteiger partial charge in [0.15, 0.2) is 11.5 Å². The van der Waals surface area contributed by atoms with Gasteiger partial charge in [0.2, 0.25) is 17.5 Å². The molecule has 3 aromatic rings. The number of carbonyl (C=O) groups is 1. The summed E-state index contributed by atoms with van der Waals surface area (Å²) in [6.07, 6.45) is 0. The highest BCUT2D eigenvalue weighted by molar-refractivity contribution is 5.94. The molecule has 0 saturated carbocycles. The molecule has 8 nitrogen and oxygen atoms in total. The van der Waals surface area contributed by atoms with Crippen LogP contribution in [0.2, 0.25) is 0 Å². The number of aromatic nitrogens is 2. The number of halogens is 1. The zero-order chi connectivity index (χ0) is 22.5. The fraction of sp³-hybridized carbons (Fsp3) is 0.318. The van der Waals surface area contributed by atoms with Crippen molar-refractivity contribution in [2.45, 2.75) is 19.9 Å². The first-order valence-corrected chi connectivity index (χ1v) is 9.58. The first-order valence-electron chi connectivity index (χ1n) is 9.58. The van der Waals surface area contributed by atoms with Crippen LogP contribution in [0.3, 0.4) is 0 Å². The van der Waals surface area contributed by atoms with Crippen molar-refractivity contribution in [3.05, 3.63) is 53.7 Å². The standard InChI is InChI=1S/C22H24FN3O5/c1-12(2)18(24-21(27)13-7-6-8-15(23)9-13)22-25-20(26-31-22)14-10-16(28-3)19(30-5)17(11-14)29-4/h6-12,18H,1-5H3,(H,24,27)/t18-/m1/s1. The van der Waals surface area contributed by atoms with Crippen molar-refractivity contribution in [2.24, 2.45) is 5.92 Å². The third-order valence-corrected chi connectivity index (χ3v) is 4.67. The molecule has 2 aromatic carbocycles. The van der Waals surface area contributed by atoms with E-state index in [-0.39, 0.29) is 17.4 Å². The first kappa shape index (κ1) is 22.1. The number of methoxy groups -OCH3 is 3. The number of rotatable bonds is 8. The molecule has 1 aromatic heterocycles. The molecule has 0 aliphatic heterocycles. The minimum absolute atomic E-state index is 0.0641. The van der Waals surface area contributed by atoms with E-state index in [9.17, 15) is 9.18 Å². The van der Waals surface area contributed by atoms with E-state index >= 15 is 0 Å². The number of benzene rings is 2. The molecule has 0 fully saturated rings. The molecule has 0 aliphatic carbocycles. The van der Waals surface area contributed by atoms with Crippen LogP contribution in [0.4, 0.5) is 4.39 Å². The Morgan fingerprint density at radius 2 is 1.74 bits per heavy atom. The summed E-state index contributed by atoms with van der Waals surface area (Å²) in [4.78, 5) is 17.0. The lowest BCUT2D eigenvalue weighted by Gasteiger charge is -2.18. The van der Waals surface area contributed by atoms with Crippen molar-refractivity contribution >= 4 is 5.91 Å². The molecule has 0 bridgehead atoms. The van der Waals surface area contributed by atoms with Gasteiger partial charge in [0, 0.05) is 11.1 Å². The third-order valence-electron chi connectivity index (χ3n) is 4.67. The van der Waals surface area contributed by atoms with Gasteiger partial charge in [-0.15, -0.1) is 0 Å². The van der Waals surface area contributed by atoms with Crippen LogP contribution in [0.5, 0.6) is 17.2 Å². The molecule has 31 heavy (non-hydrogen) atoms. The summed E-state index contributed by atoms with van der Waals surface area (Å²) in [6.45, 7) is 3.81. The molecule has 0 unspecified atom stereocenters. The number of ether oxygens (including phenoxy) is 3. The quantitative estimate of drug-likeness (QED) is 0.578. The molecule has 1 atom stereocenters. The van der Waals surface area contributed by atoms with Crippen molar-refractivity contribution in [1.82, 2.24) is 15.5 Å². The highest BCUT2D eigenvalue weighted by Crippen LogP contribution is 2.40. The number of hydrogen-bond acceptors (Lipinski definition) is 7. The van der Waals surface area contributed by atoms with Gasteiger partial charge in [-0.2, -0.15) is 4.98 Å².